The first-order chi connectivity index (χ1) is 9.70. The molecule has 1 saturated heterocycles. The normalized spacial score (nSPS) is 34.1. The van der Waals surface area contributed by atoms with Gasteiger partial charge in [0.2, 0.25) is 11.8 Å². The van der Waals surface area contributed by atoms with Crippen molar-refractivity contribution in [2.75, 3.05) is 4.90 Å². The second kappa shape index (κ2) is 4.05. The van der Waals surface area contributed by atoms with Gasteiger partial charge in [-0.3, -0.25) is 14.5 Å². The zero-order valence-electron chi connectivity index (χ0n) is 11.5. The number of anilines is 1. The topological polar surface area (TPSA) is 37.4 Å². The SMILES string of the molecule is CCc1ccc(N2C(=O)C3C4C=CC(C4)C3C2=O)cc1. The molecule has 0 N–H and O–H groups in total. The maximum atomic E-state index is 12.6. The van der Waals surface area contributed by atoms with Crippen LogP contribution < -0.4 is 4.90 Å². The number of benzene rings is 1. The third kappa shape index (κ3) is 1.41. The monoisotopic (exact) mass is 267 g/mol. The van der Waals surface area contributed by atoms with Crippen molar-refractivity contribution in [2.24, 2.45) is 23.7 Å². The van der Waals surface area contributed by atoms with Crippen LogP contribution in [-0.4, -0.2) is 11.8 Å². The second-order valence-corrected chi connectivity index (χ2v) is 6.03. The highest BCUT2D eigenvalue weighted by Gasteiger charge is 2.59. The predicted molar refractivity (Wildman–Crippen MR) is 76.0 cm³/mol. The van der Waals surface area contributed by atoms with Crippen molar-refractivity contribution >= 4 is 17.5 Å². The van der Waals surface area contributed by atoms with E-state index in [1.54, 1.807) is 0 Å². The molecule has 2 fully saturated rings. The lowest BCUT2D eigenvalue weighted by atomic mass is 9.85. The summed E-state index contributed by atoms with van der Waals surface area (Å²) >= 11 is 0. The summed E-state index contributed by atoms with van der Waals surface area (Å²) in [6.07, 6.45) is 6.19. The van der Waals surface area contributed by atoms with E-state index in [0.29, 0.717) is 0 Å². The summed E-state index contributed by atoms with van der Waals surface area (Å²) in [6.45, 7) is 2.09. The van der Waals surface area contributed by atoms with E-state index in [1.807, 2.05) is 24.3 Å². The Hall–Kier alpha value is -1.90. The number of rotatable bonds is 2. The molecule has 4 rings (SSSR count). The minimum atomic E-state index is -0.108. The van der Waals surface area contributed by atoms with Crippen molar-refractivity contribution in [1.29, 1.82) is 0 Å². The van der Waals surface area contributed by atoms with Crippen LogP contribution in [0.25, 0.3) is 0 Å². The molecular weight excluding hydrogens is 250 g/mol. The van der Waals surface area contributed by atoms with Crippen molar-refractivity contribution < 1.29 is 9.59 Å². The van der Waals surface area contributed by atoms with Crippen molar-refractivity contribution in [3.63, 3.8) is 0 Å². The Labute approximate surface area is 118 Å². The Bertz CT molecular complexity index is 586. The maximum absolute atomic E-state index is 12.6. The van der Waals surface area contributed by atoms with Crippen LogP contribution in [0.4, 0.5) is 5.69 Å². The van der Waals surface area contributed by atoms with Crippen molar-refractivity contribution in [1.82, 2.24) is 0 Å². The van der Waals surface area contributed by atoms with Gasteiger partial charge in [-0.25, -0.2) is 0 Å². The van der Waals surface area contributed by atoms with E-state index in [-0.39, 0.29) is 35.5 Å². The largest absolute Gasteiger partial charge is 0.274 e. The number of allylic oxidation sites excluding steroid dienone is 2. The second-order valence-electron chi connectivity index (χ2n) is 6.03. The van der Waals surface area contributed by atoms with Crippen LogP contribution >= 0.6 is 0 Å². The average Bonchev–Trinajstić information content (AvgIpc) is 3.14. The number of hydrogen-bond acceptors (Lipinski definition) is 2. The predicted octanol–water partition coefficient (Wildman–Crippen LogP) is 2.56. The van der Waals surface area contributed by atoms with Gasteiger partial charge in [-0.15, -0.1) is 0 Å². The molecule has 3 nitrogen and oxygen atoms in total. The molecule has 2 amide bonds. The van der Waals surface area contributed by atoms with Gasteiger partial charge >= 0.3 is 0 Å². The van der Waals surface area contributed by atoms with Gasteiger partial charge in [0, 0.05) is 0 Å². The van der Waals surface area contributed by atoms with Crippen LogP contribution in [0.3, 0.4) is 0 Å². The molecule has 1 aliphatic heterocycles. The molecule has 4 unspecified atom stereocenters. The molecule has 2 aliphatic carbocycles. The first-order valence-corrected chi connectivity index (χ1v) is 7.35. The van der Waals surface area contributed by atoms with Gasteiger partial charge in [-0.2, -0.15) is 0 Å². The number of fused-ring (bicyclic) bond motifs is 5. The first kappa shape index (κ1) is 11.9. The Balaban J connectivity index is 1.70. The first-order valence-electron chi connectivity index (χ1n) is 7.35. The molecule has 3 aliphatic rings. The van der Waals surface area contributed by atoms with E-state index in [2.05, 4.69) is 19.1 Å². The van der Waals surface area contributed by atoms with Gasteiger partial charge < -0.3 is 0 Å². The highest BCUT2D eigenvalue weighted by molar-refractivity contribution is 6.22. The number of carbonyl (C=O) groups is 2. The third-order valence-electron chi connectivity index (χ3n) is 5.07. The molecule has 0 spiro atoms. The maximum Gasteiger partial charge on any atom is 0.238 e. The molecular formula is C17H17NO2. The number of imide groups is 1. The Morgan fingerprint density at radius 2 is 1.55 bits per heavy atom. The minimum Gasteiger partial charge on any atom is -0.274 e. The van der Waals surface area contributed by atoms with Gasteiger partial charge in [-0.1, -0.05) is 31.2 Å². The van der Waals surface area contributed by atoms with Crippen molar-refractivity contribution in [3.8, 4) is 0 Å². The molecule has 1 heterocycles. The van der Waals surface area contributed by atoms with Crippen LogP contribution in [0.1, 0.15) is 18.9 Å². The fraction of sp³-hybridized carbons (Fsp3) is 0.412. The van der Waals surface area contributed by atoms with E-state index < -0.39 is 0 Å². The van der Waals surface area contributed by atoms with E-state index in [0.717, 1.165) is 18.5 Å². The van der Waals surface area contributed by atoms with Gasteiger partial charge in [0.1, 0.15) is 0 Å². The Kier molecular flexibility index (Phi) is 2.40. The zero-order valence-corrected chi connectivity index (χ0v) is 11.5. The van der Waals surface area contributed by atoms with Crippen molar-refractivity contribution in [2.45, 2.75) is 19.8 Å². The summed E-state index contributed by atoms with van der Waals surface area (Å²) in [5, 5.41) is 0. The fourth-order valence-electron chi connectivity index (χ4n) is 4.04. The summed E-state index contributed by atoms with van der Waals surface area (Å²) in [7, 11) is 0. The number of amides is 2. The zero-order chi connectivity index (χ0) is 13.9. The van der Waals surface area contributed by atoms with Crippen LogP contribution in [0, 0.1) is 23.7 Å². The third-order valence-corrected chi connectivity index (χ3v) is 5.07. The van der Waals surface area contributed by atoms with Gasteiger partial charge in [0.25, 0.3) is 0 Å². The molecule has 1 aromatic rings. The van der Waals surface area contributed by atoms with Gasteiger partial charge in [0.15, 0.2) is 0 Å². The molecule has 1 saturated carbocycles. The molecule has 1 aromatic carbocycles. The summed E-state index contributed by atoms with van der Waals surface area (Å²) in [5.41, 5.74) is 1.95. The number of hydrogen-bond donors (Lipinski definition) is 0. The molecule has 4 atom stereocenters. The standard InChI is InChI=1S/C17H17NO2/c1-2-10-3-7-13(8-4-10)18-16(19)14-11-5-6-12(9-11)15(14)17(18)20/h3-8,11-12,14-15H,2,9H2,1H3. The van der Waals surface area contributed by atoms with Gasteiger partial charge in [-0.05, 0) is 42.4 Å². The Morgan fingerprint density at radius 3 is 2.05 bits per heavy atom. The van der Waals surface area contributed by atoms with Gasteiger partial charge in [0.05, 0.1) is 17.5 Å². The Morgan fingerprint density at radius 1 is 1.00 bits per heavy atom. The van der Waals surface area contributed by atoms with Crippen molar-refractivity contribution in [3.05, 3.63) is 42.0 Å². The van der Waals surface area contributed by atoms with E-state index in [9.17, 15) is 9.59 Å². The molecule has 20 heavy (non-hydrogen) atoms. The number of carbonyl (C=O) groups excluding carboxylic acids is 2. The molecule has 3 heteroatoms. The molecule has 2 bridgehead atoms. The molecule has 0 radical (unpaired) electrons. The lowest BCUT2D eigenvalue weighted by molar-refractivity contribution is -0.123. The number of aryl methyl sites for hydroxylation is 1. The highest BCUT2D eigenvalue weighted by Crippen LogP contribution is 2.53. The van der Waals surface area contributed by atoms with Crippen LogP contribution in [0.2, 0.25) is 0 Å². The lowest BCUT2D eigenvalue weighted by Gasteiger charge is -2.17. The smallest absolute Gasteiger partial charge is 0.238 e. The van der Waals surface area contributed by atoms with E-state index >= 15 is 0 Å². The summed E-state index contributed by atoms with van der Waals surface area (Å²) in [4.78, 5) is 26.6. The van der Waals surface area contributed by atoms with Crippen LogP contribution in [0.15, 0.2) is 36.4 Å². The molecule has 0 aromatic heterocycles. The minimum absolute atomic E-state index is 0.00102. The van der Waals surface area contributed by atoms with Crippen LogP contribution in [-0.2, 0) is 16.0 Å². The summed E-state index contributed by atoms with van der Waals surface area (Å²) in [5.74, 6) is 0.344. The number of nitrogens with zero attached hydrogens (tertiary/aromatic N) is 1. The average molecular weight is 267 g/mol. The summed E-state index contributed by atoms with van der Waals surface area (Å²) in [6, 6.07) is 7.78. The fourth-order valence-corrected chi connectivity index (χ4v) is 4.04. The highest BCUT2D eigenvalue weighted by atomic mass is 16.2. The lowest BCUT2D eigenvalue weighted by Crippen LogP contribution is -2.32. The van der Waals surface area contributed by atoms with E-state index in [1.165, 1.54) is 10.5 Å². The molecule has 102 valence electrons. The quantitative estimate of drug-likeness (QED) is 0.610. The summed E-state index contributed by atoms with van der Waals surface area (Å²) < 4.78 is 0. The van der Waals surface area contributed by atoms with E-state index in [4.69, 9.17) is 0 Å². The van der Waals surface area contributed by atoms with Crippen LogP contribution in [0.5, 0.6) is 0 Å².